The quantitative estimate of drug-likeness (QED) is 0.946. The van der Waals surface area contributed by atoms with E-state index in [0.717, 1.165) is 5.56 Å². The number of benzene rings is 2. The summed E-state index contributed by atoms with van der Waals surface area (Å²) in [7, 11) is -3.76. The fraction of sp³-hybridized carbons (Fsp3) is 0.0769. The van der Waals surface area contributed by atoms with Crippen LogP contribution in [0.4, 0.5) is 0 Å². The van der Waals surface area contributed by atoms with Crippen LogP contribution in [0.5, 0.6) is 11.5 Å². The molecule has 0 saturated carbocycles. The predicted octanol–water partition coefficient (Wildman–Crippen LogP) is 3.09. The van der Waals surface area contributed by atoms with Crippen molar-refractivity contribution in [1.82, 2.24) is 0 Å². The van der Waals surface area contributed by atoms with Crippen molar-refractivity contribution in [2.75, 3.05) is 0 Å². The molecule has 2 aromatic carbocycles. The zero-order valence-electron chi connectivity index (χ0n) is 10.1. The summed E-state index contributed by atoms with van der Waals surface area (Å²) in [4.78, 5) is -0.0471. The zero-order chi connectivity index (χ0) is 14.0. The van der Waals surface area contributed by atoms with Gasteiger partial charge in [-0.2, -0.15) is 0 Å². The molecule has 0 atom stereocenters. The Kier molecular flexibility index (Phi) is 3.80. The second kappa shape index (κ2) is 5.21. The van der Waals surface area contributed by atoms with E-state index in [1.165, 1.54) is 18.2 Å². The highest BCUT2D eigenvalue weighted by atomic mass is 35.5. The van der Waals surface area contributed by atoms with Crippen LogP contribution in [0.25, 0.3) is 0 Å². The Morgan fingerprint density at radius 3 is 2.47 bits per heavy atom. The van der Waals surface area contributed by atoms with Crippen LogP contribution in [0.15, 0.2) is 47.4 Å². The molecule has 0 amide bonds. The van der Waals surface area contributed by atoms with E-state index in [1.54, 1.807) is 6.07 Å². The number of nitrogens with two attached hydrogens (primary N) is 1. The molecular formula is C13H12ClNO3S. The van der Waals surface area contributed by atoms with Crippen molar-refractivity contribution in [2.24, 2.45) is 5.14 Å². The fourth-order valence-corrected chi connectivity index (χ4v) is 2.37. The first kappa shape index (κ1) is 13.9. The standard InChI is InChI=1S/C13H12ClNO3S/c1-9-3-2-4-10(7-9)18-13-6-5-11(8-12(13)14)19(15,16)17/h2-8H,1H3,(H2,15,16,17). The Morgan fingerprint density at radius 1 is 1.16 bits per heavy atom. The van der Waals surface area contributed by atoms with Gasteiger partial charge in [-0.3, -0.25) is 0 Å². The molecule has 2 rings (SSSR count). The van der Waals surface area contributed by atoms with Crippen LogP contribution in [0.2, 0.25) is 5.02 Å². The molecule has 2 aromatic rings. The normalized spacial score (nSPS) is 11.3. The van der Waals surface area contributed by atoms with E-state index >= 15 is 0 Å². The van der Waals surface area contributed by atoms with Crippen molar-refractivity contribution < 1.29 is 13.2 Å². The Morgan fingerprint density at radius 2 is 1.89 bits per heavy atom. The fourth-order valence-electron chi connectivity index (χ4n) is 1.55. The van der Waals surface area contributed by atoms with Crippen molar-refractivity contribution in [3.8, 4) is 11.5 Å². The molecule has 0 aliphatic heterocycles. The molecule has 19 heavy (non-hydrogen) atoms. The van der Waals surface area contributed by atoms with Gasteiger partial charge in [0.25, 0.3) is 0 Å². The summed E-state index contributed by atoms with van der Waals surface area (Å²) < 4.78 is 27.9. The Bertz CT molecular complexity index is 714. The number of rotatable bonds is 3. The molecule has 0 fully saturated rings. The maximum Gasteiger partial charge on any atom is 0.238 e. The Balaban J connectivity index is 2.32. The number of ether oxygens (including phenoxy) is 1. The van der Waals surface area contributed by atoms with E-state index in [4.69, 9.17) is 21.5 Å². The molecule has 0 radical (unpaired) electrons. The first-order chi connectivity index (χ1) is 8.86. The summed E-state index contributed by atoms with van der Waals surface area (Å²) in [5.74, 6) is 1.00. The smallest absolute Gasteiger partial charge is 0.238 e. The van der Waals surface area contributed by atoms with Crippen molar-refractivity contribution in [3.05, 3.63) is 53.1 Å². The van der Waals surface area contributed by atoms with Crippen LogP contribution in [-0.2, 0) is 10.0 Å². The van der Waals surface area contributed by atoms with Crippen molar-refractivity contribution >= 4 is 21.6 Å². The lowest BCUT2D eigenvalue weighted by Gasteiger charge is -2.09. The van der Waals surface area contributed by atoms with E-state index in [9.17, 15) is 8.42 Å². The van der Waals surface area contributed by atoms with Crippen LogP contribution in [-0.4, -0.2) is 8.42 Å². The first-order valence-corrected chi connectivity index (χ1v) is 7.35. The highest BCUT2D eigenvalue weighted by molar-refractivity contribution is 7.89. The van der Waals surface area contributed by atoms with Gasteiger partial charge in [0.2, 0.25) is 10.0 Å². The molecule has 0 aromatic heterocycles. The number of hydrogen-bond donors (Lipinski definition) is 1. The second-order valence-corrected chi connectivity index (χ2v) is 6.02. The van der Waals surface area contributed by atoms with Gasteiger partial charge >= 0.3 is 0 Å². The predicted molar refractivity (Wildman–Crippen MR) is 74.1 cm³/mol. The van der Waals surface area contributed by atoms with Gasteiger partial charge in [0.15, 0.2) is 0 Å². The highest BCUT2D eigenvalue weighted by Crippen LogP contribution is 2.31. The molecule has 0 saturated heterocycles. The van der Waals surface area contributed by atoms with Gasteiger partial charge < -0.3 is 4.74 Å². The van der Waals surface area contributed by atoms with Gasteiger partial charge in [-0.05, 0) is 42.8 Å². The maximum atomic E-state index is 11.2. The van der Waals surface area contributed by atoms with Crippen LogP contribution in [0, 0.1) is 6.92 Å². The molecule has 0 spiro atoms. The van der Waals surface area contributed by atoms with E-state index in [0.29, 0.717) is 11.5 Å². The van der Waals surface area contributed by atoms with E-state index in [-0.39, 0.29) is 9.92 Å². The third-order valence-corrected chi connectivity index (χ3v) is 3.66. The van der Waals surface area contributed by atoms with Gasteiger partial charge in [-0.25, -0.2) is 13.6 Å². The summed E-state index contributed by atoms with van der Waals surface area (Å²) in [5, 5.41) is 5.21. The van der Waals surface area contributed by atoms with E-state index in [2.05, 4.69) is 0 Å². The van der Waals surface area contributed by atoms with Crippen LogP contribution in [0.3, 0.4) is 0 Å². The average molecular weight is 298 g/mol. The lowest BCUT2D eigenvalue weighted by molar-refractivity contribution is 0.482. The molecule has 6 heteroatoms. The lowest BCUT2D eigenvalue weighted by atomic mass is 10.2. The monoisotopic (exact) mass is 297 g/mol. The van der Waals surface area contributed by atoms with Gasteiger partial charge in [-0.1, -0.05) is 23.7 Å². The molecule has 0 aliphatic rings. The van der Waals surface area contributed by atoms with Gasteiger partial charge in [0.1, 0.15) is 11.5 Å². The lowest BCUT2D eigenvalue weighted by Crippen LogP contribution is -2.11. The number of halogens is 1. The van der Waals surface area contributed by atoms with Crippen LogP contribution >= 0.6 is 11.6 Å². The molecule has 0 aliphatic carbocycles. The molecule has 0 unspecified atom stereocenters. The minimum atomic E-state index is -3.76. The largest absolute Gasteiger partial charge is 0.456 e. The molecule has 100 valence electrons. The molecule has 2 N–H and O–H groups in total. The average Bonchev–Trinajstić information content (AvgIpc) is 2.30. The van der Waals surface area contributed by atoms with Crippen LogP contribution < -0.4 is 9.88 Å². The Hall–Kier alpha value is -1.56. The number of primary sulfonamides is 1. The first-order valence-electron chi connectivity index (χ1n) is 5.43. The molecule has 0 bridgehead atoms. The summed E-state index contributed by atoms with van der Waals surface area (Å²) in [6, 6.07) is 11.5. The molecular weight excluding hydrogens is 286 g/mol. The summed E-state index contributed by atoms with van der Waals surface area (Å²) >= 11 is 5.98. The summed E-state index contributed by atoms with van der Waals surface area (Å²) in [5.41, 5.74) is 1.05. The number of aryl methyl sites for hydroxylation is 1. The highest BCUT2D eigenvalue weighted by Gasteiger charge is 2.11. The van der Waals surface area contributed by atoms with Crippen LogP contribution in [0.1, 0.15) is 5.56 Å². The third-order valence-electron chi connectivity index (χ3n) is 2.45. The van der Waals surface area contributed by atoms with E-state index in [1.807, 2.05) is 25.1 Å². The molecule has 4 nitrogen and oxygen atoms in total. The summed E-state index contributed by atoms with van der Waals surface area (Å²) in [6.45, 7) is 1.94. The minimum absolute atomic E-state index is 0.0471. The second-order valence-electron chi connectivity index (χ2n) is 4.06. The third kappa shape index (κ3) is 3.47. The zero-order valence-corrected chi connectivity index (χ0v) is 11.7. The van der Waals surface area contributed by atoms with Crippen molar-refractivity contribution in [1.29, 1.82) is 0 Å². The van der Waals surface area contributed by atoms with Crippen molar-refractivity contribution in [3.63, 3.8) is 0 Å². The minimum Gasteiger partial charge on any atom is -0.456 e. The number of sulfonamides is 1. The van der Waals surface area contributed by atoms with Gasteiger partial charge in [-0.15, -0.1) is 0 Å². The SMILES string of the molecule is Cc1cccc(Oc2ccc(S(N)(=O)=O)cc2Cl)c1. The topological polar surface area (TPSA) is 69.4 Å². The number of hydrogen-bond acceptors (Lipinski definition) is 3. The van der Waals surface area contributed by atoms with Crippen molar-refractivity contribution in [2.45, 2.75) is 11.8 Å². The maximum absolute atomic E-state index is 11.2. The molecule has 0 heterocycles. The summed E-state index contributed by atoms with van der Waals surface area (Å²) in [6.07, 6.45) is 0. The van der Waals surface area contributed by atoms with Gasteiger partial charge in [0, 0.05) is 0 Å². The Labute approximate surface area is 116 Å². The van der Waals surface area contributed by atoms with E-state index < -0.39 is 10.0 Å². The van der Waals surface area contributed by atoms with Gasteiger partial charge in [0.05, 0.1) is 9.92 Å².